The van der Waals surface area contributed by atoms with E-state index in [0.717, 1.165) is 18.2 Å². The molecule has 0 bridgehead atoms. The van der Waals surface area contributed by atoms with E-state index in [1.807, 2.05) is 0 Å². The van der Waals surface area contributed by atoms with Gasteiger partial charge in [0, 0.05) is 12.1 Å². The molecule has 0 fully saturated rings. The number of halogens is 2. The van der Waals surface area contributed by atoms with E-state index in [4.69, 9.17) is 26.2 Å². The molecular formula is C15H13ClFNO6S. The van der Waals surface area contributed by atoms with Crippen molar-refractivity contribution in [3.63, 3.8) is 0 Å². The van der Waals surface area contributed by atoms with Crippen LogP contribution in [0.4, 0.5) is 10.1 Å². The third-order valence-corrected chi connectivity index (χ3v) is 4.86. The normalized spacial score (nSPS) is 11.0. The van der Waals surface area contributed by atoms with Crippen LogP contribution in [-0.4, -0.2) is 33.7 Å². The van der Waals surface area contributed by atoms with Crippen molar-refractivity contribution < 1.29 is 32.2 Å². The second kappa shape index (κ2) is 7.16. The van der Waals surface area contributed by atoms with E-state index in [9.17, 15) is 17.6 Å². The Morgan fingerprint density at radius 1 is 1.16 bits per heavy atom. The predicted octanol–water partition coefficient (Wildman–Crippen LogP) is 3.00. The predicted molar refractivity (Wildman–Crippen MR) is 88.7 cm³/mol. The van der Waals surface area contributed by atoms with Gasteiger partial charge in [0.25, 0.3) is 10.0 Å². The summed E-state index contributed by atoms with van der Waals surface area (Å²) >= 11 is 5.95. The lowest BCUT2D eigenvalue weighted by atomic mass is 10.2. The van der Waals surface area contributed by atoms with Gasteiger partial charge in [-0.15, -0.1) is 0 Å². The maximum absolute atomic E-state index is 13.5. The molecule has 25 heavy (non-hydrogen) atoms. The van der Waals surface area contributed by atoms with Gasteiger partial charge in [0.2, 0.25) is 0 Å². The Kier molecular flexibility index (Phi) is 5.39. The minimum atomic E-state index is -4.22. The number of anilines is 1. The summed E-state index contributed by atoms with van der Waals surface area (Å²) in [6, 6.07) is 5.09. The number of carboxylic acid groups (broad SMARTS) is 1. The number of ether oxygens (including phenoxy) is 2. The molecule has 2 rings (SSSR count). The summed E-state index contributed by atoms with van der Waals surface area (Å²) in [7, 11) is -1.55. The van der Waals surface area contributed by atoms with Gasteiger partial charge in [-0.2, -0.15) is 0 Å². The van der Waals surface area contributed by atoms with Crippen LogP contribution in [0.2, 0.25) is 5.02 Å². The van der Waals surface area contributed by atoms with E-state index in [-0.39, 0.29) is 22.2 Å². The second-order valence-electron chi connectivity index (χ2n) is 4.74. The van der Waals surface area contributed by atoms with Gasteiger partial charge in [0.1, 0.15) is 17.3 Å². The monoisotopic (exact) mass is 389 g/mol. The highest BCUT2D eigenvalue weighted by Gasteiger charge is 2.21. The van der Waals surface area contributed by atoms with Crippen molar-refractivity contribution in [2.45, 2.75) is 4.90 Å². The van der Waals surface area contributed by atoms with Crippen LogP contribution in [0.5, 0.6) is 11.5 Å². The maximum atomic E-state index is 13.5. The lowest BCUT2D eigenvalue weighted by molar-refractivity contribution is 0.0691. The Morgan fingerprint density at radius 3 is 2.36 bits per heavy atom. The number of sulfonamides is 1. The zero-order valence-corrected chi connectivity index (χ0v) is 14.6. The highest BCUT2D eigenvalue weighted by molar-refractivity contribution is 7.92. The molecule has 134 valence electrons. The molecule has 0 aliphatic rings. The third-order valence-electron chi connectivity index (χ3n) is 3.20. The smallest absolute Gasteiger partial charge is 0.338 e. The topological polar surface area (TPSA) is 102 Å². The average Bonchev–Trinajstić information content (AvgIpc) is 2.55. The van der Waals surface area contributed by atoms with Crippen molar-refractivity contribution in [2.75, 3.05) is 18.9 Å². The molecule has 0 saturated heterocycles. The summed E-state index contributed by atoms with van der Waals surface area (Å²) < 4.78 is 50.7. The number of hydrogen-bond donors (Lipinski definition) is 2. The molecule has 0 spiro atoms. The molecule has 0 unspecified atom stereocenters. The summed E-state index contributed by atoms with van der Waals surface area (Å²) in [5.74, 6) is -2.31. The molecule has 0 aromatic heterocycles. The van der Waals surface area contributed by atoms with Crippen LogP contribution in [-0.2, 0) is 10.0 Å². The largest absolute Gasteiger partial charge is 0.495 e. The van der Waals surface area contributed by atoms with Gasteiger partial charge in [0.05, 0.1) is 35.4 Å². The fourth-order valence-corrected chi connectivity index (χ4v) is 3.30. The number of methoxy groups -OCH3 is 2. The SMILES string of the molecule is COc1cc(NS(=O)(=O)c2ccc(F)c(C(=O)O)c2)c(OC)cc1Cl. The summed E-state index contributed by atoms with van der Waals surface area (Å²) in [6.45, 7) is 0. The summed E-state index contributed by atoms with van der Waals surface area (Å²) in [5, 5.41) is 9.13. The van der Waals surface area contributed by atoms with E-state index in [0.29, 0.717) is 0 Å². The molecule has 0 amide bonds. The number of aromatic carboxylic acids is 1. The van der Waals surface area contributed by atoms with E-state index in [1.54, 1.807) is 0 Å². The molecule has 0 saturated carbocycles. The van der Waals surface area contributed by atoms with Gasteiger partial charge < -0.3 is 14.6 Å². The van der Waals surface area contributed by atoms with Crippen LogP contribution in [0.3, 0.4) is 0 Å². The molecule has 0 radical (unpaired) electrons. The fraction of sp³-hybridized carbons (Fsp3) is 0.133. The molecule has 0 aliphatic heterocycles. The van der Waals surface area contributed by atoms with Crippen LogP contribution in [0.25, 0.3) is 0 Å². The molecular weight excluding hydrogens is 377 g/mol. The zero-order valence-electron chi connectivity index (χ0n) is 13.0. The molecule has 7 nitrogen and oxygen atoms in total. The van der Waals surface area contributed by atoms with Crippen molar-refractivity contribution >= 4 is 33.3 Å². The quantitative estimate of drug-likeness (QED) is 0.787. The molecule has 2 aromatic carbocycles. The van der Waals surface area contributed by atoms with Crippen molar-refractivity contribution in [1.29, 1.82) is 0 Å². The Hall–Kier alpha value is -2.52. The molecule has 10 heteroatoms. The zero-order chi connectivity index (χ0) is 18.8. The van der Waals surface area contributed by atoms with Crippen LogP contribution in [0.15, 0.2) is 35.2 Å². The first-order valence-corrected chi connectivity index (χ1v) is 8.53. The molecule has 2 N–H and O–H groups in total. The van der Waals surface area contributed by atoms with Crippen LogP contribution in [0, 0.1) is 5.82 Å². The standard InChI is InChI=1S/C15H13ClFNO6S/c1-23-13-7-12(14(24-2)6-10(13)16)18-25(21,22)8-3-4-11(17)9(5-8)15(19)20/h3-7,18H,1-2H3,(H,19,20). The van der Waals surface area contributed by atoms with E-state index < -0.39 is 32.3 Å². The third kappa shape index (κ3) is 3.94. The molecule has 2 aromatic rings. The van der Waals surface area contributed by atoms with Gasteiger partial charge in [-0.3, -0.25) is 4.72 Å². The van der Waals surface area contributed by atoms with Crippen molar-refractivity contribution in [2.24, 2.45) is 0 Å². The number of benzene rings is 2. The minimum absolute atomic E-state index is 0.0185. The van der Waals surface area contributed by atoms with Gasteiger partial charge in [-0.1, -0.05) is 11.6 Å². The first kappa shape index (κ1) is 18.8. The maximum Gasteiger partial charge on any atom is 0.338 e. The number of nitrogens with one attached hydrogen (secondary N) is 1. The van der Waals surface area contributed by atoms with Crippen LogP contribution >= 0.6 is 11.6 Å². The van der Waals surface area contributed by atoms with Crippen LogP contribution < -0.4 is 14.2 Å². The van der Waals surface area contributed by atoms with Gasteiger partial charge in [-0.05, 0) is 18.2 Å². The van der Waals surface area contributed by atoms with Crippen molar-refractivity contribution in [1.82, 2.24) is 0 Å². The fourth-order valence-electron chi connectivity index (χ4n) is 1.98. The summed E-state index contributed by atoms with van der Waals surface area (Å²) in [6.07, 6.45) is 0. The number of carboxylic acids is 1. The van der Waals surface area contributed by atoms with Gasteiger partial charge in [-0.25, -0.2) is 17.6 Å². The van der Waals surface area contributed by atoms with E-state index in [2.05, 4.69) is 4.72 Å². The molecule has 0 heterocycles. The van der Waals surface area contributed by atoms with E-state index >= 15 is 0 Å². The highest BCUT2D eigenvalue weighted by atomic mass is 35.5. The minimum Gasteiger partial charge on any atom is -0.495 e. The van der Waals surface area contributed by atoms with E-state index in [1.165, 1.54) is 26.4 Å². The van der Waals surface area contributed by atoms with Crippen molar-refractivity contribution in [3.05, 3.63) is 46.7 Å². The Bertz CT molecular complexity index is 932. The highest BCUT2D eigenvalue weighted by Crippen LogP contribution is 2.37. The Labute approximate surface area is 148 Å². The van der Waals surface area contributed by atoms with Crippen LogP contribution in [0.1, 0.15) is 10.4 Å². The number of rotatable bonds is 6. The lowest BCUT2D eigenvalue weighted by Crippen LogP contribution is -2.15. The lowest BCUT2D eigenvalue weighted by Gasteiger charge is -2.14. The average molecular weight is 390 g/mol. The van der Waals surface area contributed by atoms with Gasteiger partial charge in [0.15, 0.2) is 0 Å². The summed E-state index contributed by atoms with van der Waals surface area (Å²) in [4.78, 5) is 10.5. The number of hydrogen-bond acceptors (Lipinski definition) is 5. The Morgan fingerprint density at radius 2 is 1.80 bits per heavy atom. The van der Waals surface area contributed by atoms with Gasteiger partial charge >= 0.3 is 5.97 Å². The first-order chi connectivity index (χ1) is 11.7. The second-order valence-corrected chi connectivity index (χ2v) is 6.83. The summed E-state index contributed by atoms with van der Waals surface area (Å²) in [5.41, 5.74) is -0.742. The molecule has 0 atom stereocenters. The number of carbonyl (C=O) groups is 1. The van der Waals surface area contributed by atoms with Crippen molar-refractivity contribution in [3.8, 4) is 11.5 Å². The molecule has 0 aliphatic carbocycles. The first-order valence-electron chi connectivity index (χ1n) is 6.66. The Balaban J connectivity index is 2.49.